The van der Waals surface area contributed by atoms with Crippen molar-refractivity contribution in [3.63, 3.8) is 0 Å². The summed E-state index contributed by atoms with van der Waals surface area (Å²) in [6.07, 6.45) is 1.54. The molecule has 3 N–H and O–H groups in total. The highest BCUT2D eigenvalue weighted by atomic mass is 16.5. The first kappa shape index (κ1) is 19.3. The number of methoxy groups -OCH3 is 1. The Kier molecular flexibility index (Phi) is 5.52. The van der Waals surface area contributed by atoms with Crippen LogP contribution in [0.5, 0.6) is 5.75 Å². The number of benzene rings is 2. The first-order valence-corrected chi connectivity index (χ1v) is 9.46. The van der Waals surface area contributed by atoms with Crippen LogP contribution in [0.1, 0.15) is 27.9 Å². The molecule has 0 bridgehead atoms. The van der Waals surface area contributed by atoms with Crippen LogP contribution in [0.3, 0.4) is 0 Å². The van der Waals surface area contributed by atoms with Crippen LogP contribution < -0.4 is 15.4 Å². The maximum Gasteiger partial charge on any atom is 0.268 e. The molecule has 4 aromatic rings. The fourth-order valence-electron chi connectivity index (χ4n) is 3.20. The van der Waals surface area contributed by atoms with Gasteiger partial charge in [0, 0.05) is 17.0 Å². The van der Waals surface area contributed by atoms with Crippen molar-refractivity contribution in [2.75, 3.05) is 7.11 Å². The molecule has 1 atom stereocenters. The average molecular weight is 403 g/mol. The molecule has 0 aliphatic carbocycles. The Labute approximate surface area is 173 Å². The van der Waals surface area contributed by atoms with Crippen LogP contribution in [-0.4, -0.2) is 23.9 Å². The van der Waals surface area contributed by atoms with Crippen LogP contribution >= 0.6 is 0 Å². The molecule has 0 aliphatic rings. The zero-order chi connectivity index (χ0) is 20.9. The van der Waals surface area contributed by atoms with E-state index < -0.39 is 6.04 Å². The van der Waals surface area contributed by atoms with Gasteiger partial charge in [-0.25, -0.2) is 0 Å². The van der Waals surface area contributed by atoms with Gasteiger partial charge in [-0.2, -0.15) is 0 Å². The molecule has 2 amide bonds. The number of carbonyl (C=O) groups is 2. The third-order valence-electron chi connectivity index (χ3n) is 4.76. The van der Waals surface area contributed by atoms with Gasteiger partial charge in [0.05, 0.1) is 19.9 Å². The number of fused-ring (bicyclic) bond motifs is 1. The predicted molar refractivity (Wildman–Crippen MR) is 112 cm³/mol. The maximum absolute atomic E-state index is 12.9. The number of aromatic amines is 1. The lowest BCUT2D eigenvalue weighted by atomic mass is 10.1. The van der Waals surface area contributed by atoms with Crippen LogP contribution in [0.15, 0.2) is 77.4 Å². The third kappa shape index (κ3) is 4.20. The van der Waals surface area contributed by atoms with Crippen LogP contribution in [-0.2, 0) is 11.3 Å². The van der Waals surface area contributed by atoms with Crippen LogP contribution in [0, 0.1) is 0 Å². The van der Waals surface area contributed by atoms with Gasteiger partial charge in [-0.15, -0.1) is 0 Å². The summed E-state index contributed by atoms with van der Waals surface area (Å²) in [7, 11) is 1.59. The standard InChI is InChI=1S/C23H21N3O4/c1-29-17-10-9-16-12-20(25-19(16)13-17)22(27)26-21(15-6-3-2-4-7-15)23(28)24-14-18-8-5-11-30-18/h2-13,21,25H,14H2,1H3,(H,24,28)(H,26,27). The molecule has 2 aromatic heterocycles. The van der Waals surface area contributed by atoms with Gasteiger partial charge < -0.3 is 24.8 Å². The van der Waals surface area contributed by atoms with Crippen LogP contribution in [0.25, 0.3) is 10.9 Å². The van der Waals surface area contributed by atoms with E-state index in [-0.39, 0.29) is 18.4 Å². The largest absolute Gasteiger partial charge is 0.497 e. The molecule has 0 fully saturated rings. The Hall–Kier alpha value is -4.00. The number of rotatable bonds is 7. The Bertz CT molecular complexity index is 1150. The number of ether oxygens (including phenoxy) is 1. The molecule has 0 radical (unpaired) electrons. The summed E-state index contributed by atoms with van der Waals surface area (Å²) in [6.45, 7) is 0.233. The van der Waals surface area contributed by atoms with Crippen LogP contribution in [0.4, 0.5) is 0 Å². The number of hydrogen-bond donors (Lipinski definition) is 3. The van der Waals surface area contributed by atoms with E-state index in [1.54, 1.807) is 43.7 Å². The molecule has 4 rings (SSSR count). The van der Waals surface area contributed by atoms with E-state index in [0.29, 0.717) is 22.8 Å². The smallest absolute Gasteiger partial charge is 0.268 e. The van der Waals surface area contributed by atoms with Crippen molar-refractivity contribution < 1.29 is 18.7 Å². The summed E-state index contributed by atoms with van der Waals surface area (Å²) in [4.78, 5) is 28.9. The molecule has 0 aliphatic heterocycles. The Morgan fingerprint density at radius 3 is 2.63 bits per heavy atom. The van der Waals surface area contributed by atoms with Gasteiger partial charge in [0.15, 0.2) is 0 Å². The second kappa shape index (κ2) is 8.57. The number of carbonyl (C=O) groups excluding carboxylic acids is 2. The first-order valence-electron chi connectivity index (χ1n) is 9.46. The van der Waals surface area contributed by atoms with Crippen molar-refractivity contribution in [3.8, 4) is 5.75 Å². The fraction of sp³-hybridized carbons (Fsp3) is 0.130. The molecule has 1 unspecified atom stereocenters. The van der Waals surface area contributed by atoms with Gasteiger partial charge >= 0.3 is 0 Å². The van der Waals surface area contributed by atoms with Gasteiger partial charge in [0.2, 0.25) is 5.91 Å². The molecule has 0 saturated heterocycles. The summed E-state index contributed by atoms with van der Waals surface area (Å²) in [6, 6.07) is 19.0. The van der Waals surface area contributed by atoms with Crippen molar-refractivity contribution in [3.05, 3.63) is 90.0 Å². The summed E-state index contributed by atoms with van der Waals surface area (Å²) < 4.78 is 10.5. The Morgan fingerprint density at radius 1 is 1.07 bits per heavy atom. The normalized spacial score (nSPS) is 11.8. The monoisotopic (exact) mass is 403 g/mol. The molecular formula is C23H21N3O4. The summed E-state index contributed by atoms with van der Waals surface area (Å²) >= 11 is 0. The van der Waals surface area contributed by atoms with Crippen molar-refractivity contribution in [2.24, 2.45) is 0 Å². The fourth-order valence-corrected chi connectivity index (χ4v) is 3.20. The van der Waals surface area contributed by atoms with Gasteiger partial charge in [-0.1, -0.05) is 30.3 Å². The molecule has 30 heavy (non-hydrogen) atoms. The summed E-state index contributed by atoms with van der Waals surface area (Å²) in [5.41, 5.74) is 1.82. The van der Waals surface area contributed by atoms with E-state index in [9.17, 15) is 9.59 Å². The topological polar surface area (TPSA) is 96.4 Å². The van der Waals surface area contributed by atoms with Crippen molar-refractivity contribution in [1.82, 2.24) is 15.6 Å². The van der Waals surface area contributed by atoms with E-state index in [1.807, 2.05) is 36.4 Å². The van der Waals surface area contributed by atoms with Gasteiger partial charge in [0.1, 0.15) is 23.2 Å². The highest BCUT2D eigenvalue weighted by molar-refractivity contribution is 6.00. The molecule has 152 valence electrons. The van der Waals surface area contributed by atoms with Crippen molar-refractivity contribution in [2.45, 2.75) is 12.6 Å². The highest BCUT2D eigenvalue weighted by Crippen LogP contribution is 2.22. The Balaban J connectivity index is 1.54. The third-order valence-corrected chi connectivity index (χ3v) is 4.76. The lowest BCUT2D eigenvalue weighted by molar-refractivity contribution is -0.123. The van der Waals surface area contributed by atoms with Crippen LogP contribution in [0.2, 0.25) is 0 Å². The first-order chi connectivity index (χ1) is 14.6. The van der Waals surface area contributed by atoms with Crippen molar-refractivity contribution in [1.29, 1.82) is 0 Å². The Morgan fingerprint density at radius 2 is 1.90 bits per heavy atom. The number of nitrogens with one attached hydrogen (secondary N) is 3. The molecule has 7 heteroatoms. The number of hydrogen-bond acceptors (Lipinski definition) is 4. The second-order valence-electron chi connectivity index (χ2n) is 6.75. The predicted octanol–water partition coefficient (Wildman–Crippen LogP) is 3.56. The molecule has 0 spiro atoms. The molecular weight excluding hydrogens is 382 g/mol. The van der Waals surface area contributed by atoms with E-state index >= 15 is 0 Å². The molecule has 7 nitrogen and oxygen atoms in total. The zero-order valence-corrected chi connectivity index (χ0v) is 16.3. The maximum atomic E-state index is 12.9. The lowest BCUT2D eigenvalue weighted by Crippen LogP contribution is -2.40. The molecule has 2 aromatic carbocycles. The number of H-pyrrole nitrogens is 1. The minimum atomic E-state index is -0.852. The quantitative estimate of drug-likeness (QED) is 0.440. The average Bonchev–Trinajstić information content (AvgIpc) is 3.45. The molecule has 0 saturated carbocycles. The lowest BCUT2D eigenvalue weighted by Gasteiger charge is -2.18. The SMILES string of the molecule is COc1ccc2cc(C(=O)NC(C(=O)NCc3ccco3)c3ccccc3)[nH]c2c1. The second-order valence-corrected chi connectivity index (χ2v) is 6.75. The van der Waals surface area contributed by atoms with Gasteiger partial charge in [-0.3, -0.25) is 9.59 Å². The van der Waals surface area contributed by atoms with E-state index in [2.05, 4.69) is 15.6 Å². The minimum Gasteiger partial charge on any atom is -0.497 e. The van der Waals surface area contributed by atoms with Gasteiger partial charge in [-0.05, 0) is 35.9 Å². The minimum absolute atomic E-state index is 0.233. The highest BCUT2D eigenvalue weighted by Gasteiger charge is 2.24. The molecule has 2 heterocycles. The zero-order valence-electron chi connectivity index (χ0n) is 16.3. The summed E-state index contributed by atoms with van der Waals surface area (Å²) in [5.74, 6) is 0.609. The van der Waals surface area contributed by atoms with E-state index in [1.165, 1.54) is 0 Å². The van der Waals surface area contributed by atoms with Crippen molar-refractivity contribution >= 4 is 22.7 Å². The van der Waals surface area contributed by atoms with E-state index in [0.717, 1.165) is 10.9 Å². The van der Waals surface area contributed by atoms with Gasteiger partial charge in [0.25, 0.3) is 5.91 Å². The number of amides is 2. The summed E-state index contributed by atoms with van der Waals surface area (Å²) in [5, 5.41) is 6.51. The number of furan rings is 1. The van der Waals surface area contributed by atoms with E-state index in [4.69, 9.17) is 9.15 Å². The number of aromatic nitrogens is 1.